The molecule has 1 heterocycles. The van der Waals surface area contributed by atoms with Gasteiger partial charge in [-0.05, 0) is 89.1 Å². The first-order valence-electron chi connectivity index (χ1n) is 14.0. The summed E-state index contributed by atoms with van der Waals surface area (Å²) in [6.07, 6.45) is 11.1. The van der Waals surface area contributed by atoms with Crippen molar-refractivity contribution in [1.29, 1.82) is 0 Å². The molecule has 0 bridgehead atoms. The first-order chi connectivity index (χ1) is 17.3. The molecule has 2 aromatic rings. The molecule has 0 radical (unpaired) electrons. The van der Waals surface area contributed by atoms with Gasteiger partial charge in [0.05, 0.1) is 11.6 Å². The standard InChI is InChI=1S/C31H49N3O2/c1-8-10-11-12-13-14-15-16-24-17-18-26-27(21-24)36-31(34-7,29(32-5)30(26,9-2)33-6)25-19-22(3)28(35)23(4)20-25/h17-21,29,32-35H,8-16H2,1-7H3. The fraction of sp³-hybridized carbons (Fsp3) is 0.613. The van der Waals surface area contributed by atoms with Crippen molar-refractivity contribution in [2.24, 2.45) is 0 Å². The smallest absolute Gasteiger partial charge is 0.204 e. The normalized spacial score (nSPS) is 23.4. The highest BCUT2D eigenvalue weighted by molar-refractivity contribution is 5.51. The number of nitrogens with one attached hydrogen (secondary N) is 3. The van der Waals surface area contributed by atoms with E-state index < -0.39 is 5.72 Å². The summed E-state index contributed by atoms with van der Waals surface area (Å²) in [6.45, 7) is 8.40. The monoisotopic (exact) mass is 495 g/mol. The summed E-state index contributed by atoms with van der Waals surface area (Å²) in [7, 11) is 6.01. The van der Waals surface area contributed by atoms with Gasteiger partial charge in [-0.2, -0.15) is 0 Å². The lowest BCUT2D eigenvalue weighted by molar-refractivity contribution is -0.0597. The number of unbranched alkanes of at least 4 members (excludes halogenated alkanes) is 6. The molecular weight excluding hydrogens is 446 g/mol. The van der Waals surface area contributed by atoms with E-state index in [4.69, 9.17) is 4.74 Å². The van der Waals surface area contributed by atoms with Gasteiger partial charge in [0.25, 0.3) is 0 Å². The van der Waals surface area contributed by atoms with Crippen molar-refractivity contribution < 1.29 is 9.84 Å². The lowest BCUT2D eigenvalue weighted by Gasteiger charge is -2.55. The van der Waals surface area contributed by atoms with Crippen LogP contribution in [0.3, 0.4) is 0 Å². The second kappa shape index (κ2) is 12.4. The van der Waals surface area contributed by atoms with Crippen LogP contribution in [-0.4, -0.2) is 32.3 Å². The summed E-state index contributed by atoms with van der Waals surface area (Å²) in [4.78, 5) is 0. The number of benzene rings is 2. The summed E-state index contributed by atoms with van der Waals surface area (Å²) < 4.78 is 6.98. The average Bonchev–Trinajstić information content (AvgIpc) is 2.89. The van der Waals surface area contributed by atoms with Gasteiger partial charge in [-0.3, -0.25) is 5.32 Å². The summed E-state index contributed by atoms with van der Waals surface area (Å²) >= 11 is 0. The number of ether oxygens (including phenoxy) is 1. The maximum Gasteiger partial charge on any atom is 0.204 e. The second-order valence-electron chi connectivity index (χ2n) is 10.5. The highest BCUT2D eigenvalue weighted by Crippen LogP contribution is 2.49. The molecule has 0 aliphatic carbocycles. The molecule has 4 N–H and O–H groups in total. The van der Waals surface area contributed by atoms with Gasteiger partial charge in [0.1, 0.15) is 11.5 Å². The van der Waals surface area contributed by atoms with Gasteiger partial charge in [-0.25, -0.2) is 0 Å². The largest absolute Gasteiger partial charge is 0.507 e. The first kappa shape index (κ1) is 28.5. The Balaban J connectivity index is 1.99. The molecule has 0 aromatic heterocycles. The number of fused-ring (bicyclic) bond motifs is 1. The third-order valence-electron chi connectivity index (χ3n) is 8.35. The Bertz CT molecular complexity index is 978. The summed E-state index contributed by atoms with van der Waals surface area (Å²) in [5.41, 5.74) is 4.06. The third-order valence-corrected chi connectivity index (χ3v) is 8.35. The quantitative estimate of drug-likeness (QED) is 0.250. The lowest BCUT2D eigenvalue weighted by Crippen LogP contribution is -2.72. The number of phenols is 1. The summed E-state index contributed by atoms with van der Waals surface area (Å²) in [5.74, 6) is 1.27. The van der Waals surface area contributed by atoms with Gasteiger partial charge in [0.2, 0.25) is 5.72 Å². The van der Waals surface area contributed by atoms with Crippen LogP contribution in [0.15, 0.2) is 30.3 Å². The van der Waals surface area contributed by atoms with Crippen LogP contribution in [0.5, 0.6) is 11.5 Å². The Hall–Kier alpha value is -2.08. The molecule has 3 rings (SSSR count). The van der Waals surface area contributed by atoms with Crippen LogP contribution < -0.4 is 20.7 Å². The molecule has 3 unspecified atom stereocenters. The predicted octanol–water partition coefficient (Wildman–Crippen LogP) is 6.18. The van der Waals surface area contributed by atoms with Crippen molar-refractivity contribution in [3.05, 3.63) is 58.1 Å². The third kappa shape index (κ3) is 5.29. The highest BCUT2D eigenvalue weighted by Gasteiger charge is 2.57. The molecule has 2 aromatic carbocycles. The van der Waals surface area contributed by atoms with Crippen molar-refractivity contribution in [2.75, 3.05) is 21.1 Å². The van der Waals surface area contributed by atoms with Crippen molar-refractivity contribution in [3.63, 3.8) is 0 Å². The molecule has 0 saturated heterocycles. The van der Waals surface area contributed by atoms with Gasteiger partial charge in [0, 0.05) is 11.1 Å². The predicted molar refractivity (Wildman–Crippen MR) is 151 cm³/mol. The molecule has 200 valence electrons. The minimum absolute atomic E-state index is 0.102. The molecular formula is C31H49N3O2. The molecule has 5 nitrogen and oxygen atoms in total. The molecule has 1 aliphatic rings. The van der Waals surface area contributed by atoms with Crippen molar-refractivity contribution in [1.82, 2.24) is 16.0 Å². The Labute approximate surface area is 219 Å². The van der Waals surface area contributed by atoms with Gasteiger partial charge < -0.3 is 20.5 Å². The van der Waals surface area contributed by atoms with Crippen LogP contribution in [0.2, 0.25) is 0 Å². The Morgan fingerprint density at radius 3 is 2.06 bits per heavy atom. The number of likely N-dealkylation sites (N-methyl/N-ethyl adjacent to an activating group) is 3. The molecule has 0 saturated carbocycles. The molecule has 1 aliphatic heterocycles. The van der Waals surface area contributed by atoms with Crippen LogP contribution in [-0.2, 0) is 17.7 Å². The Kier molecular flexibility index (Phi) is 9.85. The number of aryl methyl sites for hydroxylation is 3. The SMILES string of the molecule is CCCCCCCCCc1ccc2c(c1)OC(NC)(c1cc(C)c(O)c(C)c1)C(NC)C2(CC)NC. The molecule has 3 atom stereocenters. The number of hydrogen-bond acceptors (Lipinski definition) is 5. The maximum atomic E-state index is 10.5. The van der Waals surface area contributed by atoms with Gasteiger partial charge >= 0.3 is 0 Å². The van der Waals surface area contributed by atoms with E-state index in [1.807, 2.05) is 47.1 Å². The Morgan fingerprint density at radius 1 is 0.861 bits per heavy atom. The van der Waals surface area contributed by atoms with Gasteiger partial charge in [0.15, 0.2) is 0 Å². The topological polar surface area (TPSA) is 65.5 Å². The van der Waals surface area contributed by atoms with Crippen molar-refractivity contribution in [2.45, 2.75) is 103 Å². The number of hydrogen-bond donors (Lipinski definition) is 4. The average molecular weight is 496 g/mol. The Morgan fingerprint density at radius 2 is 1.50 bits per heavy atom. The van der Waals surface area contributed by atoms with Crippen LogP contribution in [0.25, 0.3) is 0 Å². The van der Waals surface area contributed by atoms with E-state index in [1.54, 1.807) is 0 Å². The van der Waals surface area contributed by atoms with E-state index in [-0.39, 0.29) is 11.6 Å². The maximum absolute atomic E-state index is 10.5. The number of aromatic hydroxyl groups is 1. The van der Waals surface area contributed by atoms with Crippen LogP contribution in [0.4, 0.5) is 0 Å². The minimum Gasteiger partial charge on any atom is -0.507 e. The van der Waals surface area contributed by atoms with Gasteiger partial charge in [-0.15, -0.1) is 0 Å². The van der Waals surface area contributed by atoms with E-state index in [9.17, 15) is 5.11 Å². The lowest BCUT2D eigenvalue weighted by atomic mass is 9.71. The molecule has 36 heavy (non-hydrogen) atoms. The number of phenolic OH excluding ortho intramolecular Hbond substituents is 1. The van der Waals surface area contributed by atoms with E-state index >= 15 is 0 Å². The van der Waals surface area contributed by atoms with Crippen molar-refractivity contribution in [3.8, 4) is 11.5 Å². The zero-order valence-corrected chi connectivity index (χ0v) is 23.7. The molecule has 0 spiro atoms. The molecule has 5 heteroatoms. The summed E-state index contributed by atoms with van der Waals surface area (Å²) in [6, 6.07) is 10.8. The fourth-order valence-corrected chi connectivity index (χ4v) is 6.23. The van der Waals surface area contributed by atoms with E-state index in [0.717, 1.165) is 35.3 Å². The van der Waals surface area contributed by atoms with E-state index in [0.29, 0.717) is 5.75 Å². The summed E-state index contributed by atoms with van der Waals surface area (Å²) in [5, 5.41) is 21.3. The fourth-order valence-electron chi connectivity index (χ4n) is 6.23. The van der Waals surface area contributed by atoms with E-state index in [1.165, 1.54) is 56.1 Å². The van der Waals surface area contributed by atoms with Crippen molar-refractivity contribution >= 4 is 0 Å². The second-order valence-corrected chi connectivity index (χ2v) is 10.5. The van der Waals surface area contributed by atoms with Crippen LogP contribution >= 0.6 is 0 Å². The molecule has 0 fully saturated rings. The minimum atomic E-state index is -0.818. The first-order valence-corrected chi connectivity index (χ1v) is 14.0. The zero-order valence-electron chi connectivity index (χ0n) is 23.7. The highest BCUT2D eigenvalue weighted by atomic mass is 16.5. The number of rotatable bonds is 13. The van der Waals surface area contributed by atoms with E-state index in [2.05, 4.69) is 48.0 Å². The van der Waals surface area contributed by atoms with Crippen LogP contribution in [0.1, 0.15) is 93.0 Å². The molecule has 0 amide bonds. The van der Waals surface area contributed by atoms with Crippen LogP contribution in [0, 0.1) is 13.8 Å². The zero-order chi connectivity index (χ0) is 26.3. The van der Waals surface area contributed by atoms with Gasteiger partial charge in [-0.1, -0.05) is 64.5 Å².